The second-order valence-corrected chi connectivity index (χ2v) is 11.6. The fraction of sp³-hybridized carbons (Fsp3) is 0.528. The van der Waals surface area contributed by atoms with Gasteiger partial charge in [0.2, 0.25) is 17.7 Å². The molecule has 0 unspecified atom stereocenters. The summed E-state index contributed by atoms with van der Waals surface area (Å²) < 4.78 is 0. The standard InChI is InChI=1S/C17H28N4O.C9H12N2O.C8H12N2OS.C2H6/c1-3-9-18-15-4-6-16(7-5-15)19-17(22)8-10-21-13-11-20(2)12-14-21;1-8(12)11-6-4-9-3-2-5-10-7-9;1-3-10-8(11)6-12-5-7(2)4-9;1-2/h4-7,18H,3,8-14H2,1-2H3,(H,19,22);2-3,5,7H,4,6H2,1H3,(H,11,12);5H,3,6H2,1-2H3,(H,10,11);1-2H3/b;;7-5+;. The van der Waals surface area contributed by atoms with E-state index in [0.717, 1.165) is 69.0 Å². The molecule has 0 radical (unpaired) electrons. The highest BCUT2D eigenvalue weighted by Crippen LogP contribution is 2.14. The minimum atomic E-state index is 0.00416. The first-order chi connectivity index (χ1) is 23.2. The number of aromatic nitrogens is 1. The average Bonchev–Trinajstić information content (AvgIpc) is 3.09. The normalized spacial score (nSPS) is 12.7. The number of carbonyl (C=O) groups is 3. The van der Waals surface area contributed by atoms with E-state index in [1.807, 2.05) is 69.4 Å². The third-order valence-electron chi connectivity index (χ3n) is 6.53. The second-order valence-electron chi connectivity index (χ2n) is 10.7. The Morgan fingerprint density at radius 1 is 0.958 bits per heavy atom. The molecule has 1 fully saturated rings. The molecule has 1 aromatic carbocycles. The predicted molar refractivity (Wildman–Crippen MR) is 201 cm³/mol. The van der Waals surface area contributed by atoms with Crippen LogP contribution in [0.25, 0.3) is 0 Å². The maximum absolute atomic E-state index is 12.0. The van der Waals surface area contributed by atoms with Crippen molar-refractivity contribution >= 4 is 40.9 Å². The number of nitrogens with zero attached hydrogens (tertiary/aromatic N) is 4. The number of piperazine rings is 1. The highest BCUT2D eigenvalue weighted by atomic mass is 32.2. The van der Waals surface area contributed by atoms with Crippen molar-refractivity contribution in [3.05, 3.63) is 65.3 Å². The molecular weight excluding hydrogens is 625 g/mol. The van der Waals surface area contributed by atoms with Crippen LogP contribution in [0.2, 0.25) is 0 Å². The molecule has 3 rings (SSSR count). The van der Waals surface area contributed by atoms with Crippen molar-refractivity contribution in [3.8, 4) is 6.07 Å². The van der Waals surface area contributed by atoms with Crippen LogP contribution in [0.15, 0.2) is 59.8 Å². The molecule has 3 amide bonds. The van der Waals surface area contributed by atoms with E-state index in [2.05, 4.69) is 50.0 Å². The van der Waals surface area contributed by atoms with Crippen LogP contribution in [0, 0.1) is 11.3 Å². The summed E-state index contributed by atoms with van der Waals surface area (Å²) in [4.78, 5) is 42.0. The molecule has 1 aliphatic heterocycles. The van der Waals surface area contributed by atoms with Crippen LogP contribution in [0.3, 0.4) is 0 Å². The van der Waals surface area contributed by atoms with Gasteiger partial charge in [-0.3, -0.25) is 19.4 Å². The van der Waals surface area contributed by atoms with Gasteiger partial charge in [-0.05, 0) is 75.0 Å². The van der Waals surface area contributed by atoms with Gasteiger partial charge in [-0.1, -0.05) is 26.8 Å². The monoisotopic (exact) mass is 682 g/mol. The topological polar surface area (TPSA) is 142 Å². The first kappa shape index (κ1) is 44.1. The highest BCUT2D eigenvalue weighted by Gasteiger charge is 2.14. The van der Waals surface area contributed by atoms with E-state index in [1.54, 1.807) is 18.5 Å². The van der Waals surface area contributed by atoms with Crippen molar-refractivity contribution < 1.29 is 14.4 Å². The third kappa shape index (κ3) is 24.3. The number of carbonyl (C=O) groups excluding carboxylic acids is 3. The van der Waals surface area contributed by atoms with Gasteiger partial charge in [-0.15, -0.1) is 11.8 Å². The number of amides is 3. The van der Waals surface area contributed by atoms with Crippen LogP contribution in [-0.2, 0) is 20.8 Å². The van der Waals surface area contributed by atoms with Crippen molar-refractivity contribution in [3.63, 3.8) is 0 Å². The third-order valence-corrected chi connectivity index (χ3v) is 7.48. The molecule has 1 saturated heterocycles. The molecule has 12 heteroatoms. The van der Waals surface area contributed by atoms with Gasteiger partial charge < -0.3 is 31.1 Å². The summed E-state index contributed by atoms with van der Waals surface area (Å²) in [6.45, 7) is 18.7. The lowest BCUT2D eigenvalue weighted by molar-refractivity contribution is -0.119. The number of hydrogen-bond donors (Lipinski definition) is 4. The Hall–Kier alpha value is -3.92. The SMILES string of the molecule is CC.CC(=O)NCCc1cccnc1.CCCNc1ccc(NC(=O)CCN2CCN(C)CC2)cc1.CCNC(=O)CS/C=C(\C)C#N. The molecule has 0 bridgehead atoms. The fourth-order valence-electron chi connectivity index (χ4n) is 3.94. The molecule has 0 spiro atoms. The number of likely N-dealkylation sites (N-methyl/N-ethyl adjacent to an activating group) is 1. The molecule has 2 heterocycles. The highest BCUT2D eigenvalue weighted by molar-refractivity contribution is 8.02. The first-order valence-corrected chi connectivity index (χ1v) is 17.8. The maximum Gasteiger partial charge on any atom is 0.230 e. The number of hydrogen-bond acceptors (Lipinski definition) is 9. The minimum absolute atomic E-state index is 0.00416. The Bertz CT molecular complexity index is 1210. The largest absolute Gasteiger partial charge is 0.385 e. The molecule has 4 N–H and O–H groups in total. The Kier molecular flexibility index (Phi) is 26.8. The summed E-state index contributed by atoms with van der Waals surface area (Å²) in [5.41, 5.74) is 3.73. The average molecular weight is 683 g/mol. The van der Waals surface area contributed by atoms with Gasteiger partial charge in [0.25, 0.3) is 0 Å². The Balaban J connectivity index is 0.000000726. The van der Waals surface area contributed by atoms with Crippen molar-refractivity contribution in [2.24, 2.45) is 0 Å². The number of nitriles is 1. The van der Waals surface area contributed by atoms with Gasteiger partial charge in [0.05, 0.1) is 11.8 Å². The molecule has 1 aromatic heterocycles. The maximum atomic E-state index is 12.0. The lowest BCUT2D eigenvalue weighted by Gasteiger charge is -2.32. The van der Waals surface area contributed by atoms with Gasteiger partial charge in [-0.2, -0.15) is 5.26 Å². The Morgan fingerprint density at radius 2 is 1.62 bits per heavy atom. The number of allylic oxidation sites excluding steroid dienone is 1. The number of rotatable bonds is 14. The smallest absolute Gasteiger partial charge is 0.230 e. The summed E-state index contributed by atoms with van der Waals surface area (Å²) in [5.74, 6) is 0.490. The van der Waals surface area contributed by atoms with E-state index in [0.29, 0.717) is 30.8 Å². The van der Waals surface area contributed by atoms with E-state index < -0.39 is 0 Å². The molecule has 2 aromatic rings. The first-order valence-electron chi connectivity index (χ1n) is 16.8. The van der Waals surface area contributed by atoms with Gasteiger partial charge >= 0.3 is 0 Å². The number of nitrogens with one attached hydrogen (secondary N) is 4. The lowest BCUT2D eigenvalue weighted by atomic mass is 10.2. The molecule has 1 aliphatic rings. The quantitative estimate of drug-likeness (QED) is 0.199. The Labute approximate surface area is 293 Å². The van der Waals surface area contributed by atoms with E-state index in [4.69, 9.17) is 5.26 Å². The lowest BCUT2D eigenvalue weighted by Crippen LogP contribution is -2.45. The van der Waals surface area contributed by atoms with Gasteiger partial charge in [0.15, 0.2) is 0 Å². The number of benzene rings is 1. The van der Waals surface area contributed by atoms with Crippen LogP contribution in [0.4, 0.5) is 11.4 Å². The van der Waals surface area contributed by atoms with Crippen LogP contribution in [0.5, 0.6) is 0 Å². The van der Waals surface area contributed by atoms with E-state index >= 15 is 0 Å². The van der Waals surface area contributed by atoms with Crippen molar-refractivity contribution in [1.29, 1.82) is 5.26 Å². The summed E-state index contributed by atoms with van der Waals surface area (Å²) >= 11 is 1.34. The van der Waals surface area contributed by atoms with Crippen LogP contribution in [-0.4, -0.2) is 97.7 Å². The fourth-order valence-corrected chi connectivity index (χ4v) is 4.58. The number of anilines is 2. The van der Waals surface area contributed by atoms with Crippen molar-refractivity contribution in [1.82, 2.24) is 25.4 Å². The summed E-state index contributed by atoms with van der Waals surface area (Å²) in [6, 6.07) is 13.8. The molecule has 11 nitrogen and oxygen atoms in total. The molecule has 0 saturated carbocycles. The molecule has 0 atom stereocenters. The molecule has 0 aliphatic carbocycles. The number of pyridine rings is 1. The zero-order chi connectivity index (χ0) is 36.0. The van der Waals surface area contributed by atoms with Crippen molar-refractivity contribution in [2.75, 3.05) is 75.8 Å². The van der Waals surface area contributed by atoms with Gasteiger partial charge in [-0.25, -0.2) is 0 Å². The van der Waals surface area contributed by atoms with E-state index in [1.165, 1.54) is 18.7 Å². The predicted octanol–water partition coefficient (Wildman–Crippen LogP) is 5.15. The summed E-state index contributed by atoms with van der Waals surface area (Å²) in [6.07, 6.45) is 6.04. The van der Waals surface area contributed by atoms with Crippen molar-refractivity contribution in [2.45, 2.75) is 60.8 Å². The minimum Gasteiger partial charge on any atom is -0.385 e. The Morgan fingerprint density at radius 3 is 2.19 bits per heavy atom. The molecular formula is C36H58N8O3S. The summed E-state index contributed by atoms with van der Waals surface area (Å²) in [5, 5.41) is 21.7. The summed E-state index contributed by atoms with van der Waals surface area (Å²) in [7, 11) is 2.14. The van der Waals surface area contributed by atoms with E-state index in [9.17, 15) is 14.4 Å². The van der Waals surface area contributed by atoms with Gasteiger partial charge in [0, 0.05) is 95.0 Å². The molecule has 48 heavy (non-hydrogen) atoms. The van der Waals surface area contributed by atoms with E-state index in [-0.39, 0.29) is 17.7 Å². The second kappa shape index (κ2) is 29.2. The number of thioether (sulfide) groups is 1. The van der Waals surface area contributed by atoms with Crippen LogP contribution in [0.1, 0.15) is 59.9 Å². The zero-order valence-corrected chi connectivity index (χ0v) is 30.9. The van der Waals surface area contributed by atoms with Crippen LogP contribution < -0.4 is 21.3 Å². The van der Waals surface area contributed by atoms with Gasteiger partial charge in [0.1, 0.15) is 0 Å². The zero-order valence-electron chi connectivity index (χ0n) is 30.1. The van der Waals surface area contributed by atoms with Crippen LogP contribution >= 0.6 is 11.8 Å². The molecule has 266 valence electrons.